The van der Waals surface area contributed by atoms with Crippen molar-refractivity contribution in [1.29, 1.82) is 0 Å². The van der Waals surface area contributed by atoms with Gasteiger partial charge in [0.05, 0.1) is 0 Å². The van der Waals surface area contributed by atoms with Crippen molar-refractivity contribution in [2.75, 3.05) is 37.1 Å². The summed E-state index contributed by atoms with van der Waals surface area (Å²) >= 11 is 3.39. The summed E-state index contributed by atoms with van der Waals surface area (Å²) in [6.07, 6.45) is 9.48. The van der Waals surface area contributed by atoms with Gasteiger partial charge in [0.1, 0.15) is 0 Å². The first-order chi connectivity index (χ1) is 9.70. The number of carbonyl (C=O) groups is 2. The zero-order chi connectivity index (χ0) is 15.1. The Kier molecular flexibility index (Phi) is 14.8. The van der Waals surface area contributed by atoms with E-state index in [-0.39, 0.29) is 11.8 Å². The number of rotatable bonds is 13. The summed E-state index contributed by atoms with van der Waals surface area (Å²) in [4.78, 5) is 22.6. The molecular weight excluding hydrogens is 292 g/mol. The second-order valence-electron chi connectivity index (χ2n) is 4.60. The van der Waals surface area contributed by atoms with Gasteiger partial charge in [0.2, 0.25) is 11.8 Å². The van der Waals surface area contributed by atoms with Crippen LogP contribution in [0.4, 0.5) is 0 Å². The normalized spacial score (nSPS) is 10.3. The number of carbonyl (C=O) groups excluding carboxylic acids is 2. The molecule has 0 atom stereocenters. The van der Waals surface area contributed by atoms with Gasteiger partial charge < -0.3 is 10.6 Å². The summed E-state index contributed by atoms with van der Waals surface area (Å²) in [7, 11) is 0. The minimum atomic E-state index is 0.153. The Morgan fingerprint density at radius 3 is 1.50 bits per heavy atom. The molecule has 0 aliphatic heterocycles. The maximum Gasteiger partial charge on any atom is 0.220 e. The number of hydrogen-bond donors (Lipinski definition) is 2. The Morgan fingerprint density at radius 1 is 0.750 bits per heavy atom. The lowest BCUT2D eigenvalue weighted by atomic mass is 10.2. The summed E-state index contributed by atoms with van der Waals surface area (Å²) in [6, 6.07) is 0. The van der Waals surface area contributed by atoms with Crippen molar-refractivity contribution in [3.05, 3.63) is 0 Å². The van der Waals surface area contributed by atoms with Crippen LogP contribution < -0.4 is 10.6 Å². The Balaban J connectivity index is 3.20. The molecule has 0 spiro atoms. The minimum absolute atomic E-state index is 0.153. The molecule has 0 heterocycles. The van der Waals surface area contributed by atoms with Crippen LogP contribution in [0.15, 0.2) is 0 Å². The van der Waals surface area contributed by atoms with Gasteiger partial charge >= 0.3 is 0 Å². The van der Waals surface area contributed by atoms with Crippen molar-refractivity contribution in [3.63, 3.8) is 0 Å². The number of hydrogen-bond acceptors (Lipinski definition) is 4. The summed E-state index contributed by atoms with van der Waals surface area (Å²) in [5.41, 5.74) is 0. The van der Waals surface area contributed by atoms with Crippen LogP contribution in [0.1, 0.15) is 38.5 Å². The number of thioether (sulfide) groups is 2. The molecule has 2 N–H and O–H groups in total. The highest BCUT2D eigenvalue weighted by Crippen LogP contribution is 2.00. The van der Waals surface area contributed by atoms with Gasteiger partial charge in [-0.05, 0) is 25.4 Å². The zero-order valence-corrected chi connectivity index (χ0v) is 14.3. The van der Waals surface area contributed by atoms with Crippen molar-refractivity contribution in [2.24, 2.45) is 0 Å². The van der Waals surface area contributed by atoms with Crippen molar-refractivity contribution in [1.82, 2.24) is 10.6 Å². The van der Waals surface area contributed by atoms with Crippen molar-refractivity contribution in [2.45, 2.75) is 38.5 Å². The Morgan fingerprint density at radius 2 is 1.15 bits per heavy atom. The van der Waals surface area contributed by atoms with Gasteiger partial charge in [0.25, 0.3) is 0 Å². The van der Waals surface area contributed by atoms with Crippen LogP contribution in [0.3, 0.4) is 0 Å². The average Bonchev–Trinajstić information content (AvgIpc) is 2.45. The van der Waals surface area contributed by atoms with Gasteiger partial charge in [0, 0.05) is 37.4 Å². The smallest absolute Gasteiger partial charge is 0.220 e. The van der Waals surface area contributed by atoms with Gasteiger partial charge in [0.15, 0.2) is 0 Å². The molecule has 0 radical (unpaired) electrons. The third-order valence-electron chi connectivity index (χ3n) is 2.81. The third kappa shape index (κ3) is 14.1. The summed E-state index contributed by atoms with van der Waals surface area (Å²) in [5.74, 6) is 2.09. The van der Waals surface area contributed by atoms with Crippen LogP contribution in [0, 0.1) is 0 Å². The van der Waals surface area contributed by atoms with Crippen LogP contribution in [0.2, 0.25) is 0 Å². The Labute approximate surface area is 131 Å². The van der Waals surface area contributed by atoms with E-state index >= 15 is 0 Å². The monoisotopic (exact) mass is 320 g/mol. The average molecular weight is 321 g/mol. The third-order valence-corrected chi connectivity index (χ3v) is 4.04. The van der Waals surface area contributed by atoms with Gasteiger partial charge in [-0.1, -0.05) is 12.8 Å². The van der Waals surface area contributed by atoms with Crippen molar-refractivity contribution < 1.29 is 9.59 Å². The quantitative estimate of drug-likeness (QED) is 0.511. The van der Waals surface area contributed by atoms with E-state index < -0.39 is 0 Å². The van der Waals surface area contributed by atoms with E-state index in [0.717, 1.165) is 50.3 Å². The number of nitrogens with one attached hydrogen (secondary N) is 2. The molecule has 0 aliphatic rings. The maximum atomic E-state index is 11.3. The van der Waals surface area contributed by atoms with Crippen LogP contribution >= 0.6 is 23.5 Å². The van der Waals surface area contributed by atoms with E-state index in [1.165, 1.54) is 0 Å². The highest BCUT2D eigenvalue weighted by Gasteiger charge is 2.00. The largest absolute Gasteiger partial charge is 0.356 e. The molecule has 0 rings (SSSR count). The molecule has 0 fully saturated rings. The lowest BCUT2D eigenvalue weighted by Gasteiger charge is -2.06. The number of amides is 2. The van der Waals surface area contributed by atoms with Gasteiger partial charge in [-0.3, -0.25) is 9.59 Å². The summed E-state index contributed by atoms with van der Waals surface area (Å²) in [5, 5.41) is 5.85. The SMILES string of the molecule is CSCCC(=O)NCCCCCCNC(=O)CCSC. The van der Waals surface area contributed by atoms with Crippen molar-refractivity contribution in [3.8, 4) is 0 Å². The lowest BCUT2D eigenvalue weighted by molar-refractivity contribution is -0.121. The van der Waals surface area contributed by atoms with E-state index in [2.05, 4.69) is 10.6 Å². The van der Waals surface area contributed by atoms with Crippen molar-refractivity contribution >= 4 is 35.3 Å². The van der Waals surface area contributed by atoms with Crippen LogP contribution in [0.5, 0.6) is 0 Å². The first-order valence-electron chi connectivity index (χ1n) is 7.22. The first kappa shape index (κ1) is 19.6. The molecular formula is C14H28N2O2S2. The number of unbranched alkanes of at least 4 members (excludes halogenated alkanes) is 3. The Hall–Kier alpha value is -0.360. The zero-order valence-electron chi connectivity index (χ0n) is 12.7. The molecule has 20 heavy (non-hydrogen) atoms. The van der Waals surface area contributed by atoms with E-state index in [1.807, 2.05) is 12.5 Å². The molecule has 118 valence electrons. The second kappa shape index (κ2) is 15.0. The fraction of sp³-hybridized carbons (Fsp3) is 0.857. The molecule has 0 aromatic carbocycles. The summed E-state index contributed by atoms with van der Waals surface area (Å²) in [6.45, 7) is 1.54. The fourth-order valence-electron chi connectivity index (χ4n) is 1.63. The topological polar surface area (TPSA) is 58.2 Å². The van der Waals surface area contributed by atoms with Gasteiger partial charge in [-0.25, -0.2) is 0 Å². The highest BCUT2D eigenvalue weighted by molar-refractivity contribution is 7.98. The molecule has 4 nitrogen and oxygen atoms in total. The molecule has 2 amide bonds. The first-order valence-corrected chi connectivity index (χ1v) is 10.0. The van der Waals surface area contributed by atoms with E-state index in [1.54, 1.807) is 23.5 Å². The predicted molar refractivity (Wildman–Crippen MR) is 90.5 cm³/mol. The molecule has 0 unspecified atom stereocenters. The maximum absolute atomic E-state index is 11.3. The molecule has 6 heteroatoms. The summed E-state index contributed by atoms with van der Waals surface area (Å²) < 4.78 is 0. The predicted octanol–water partition coefficient (Wildman–Crippen LogP) is 2.29. The molecule has 0 bridgehead atoms. The molecule has 0 saturated heterocycles. The molecule has 0 aromatic rings. The highest BCUT2D eigenvalue weighted by atomic mass is 32.2. The fourth-order valence-corrected chi connectivity index (χ4v) is 2.40. The van der Waals surface area contributed by atoms with Gasteiger partial charge in [-0.15, -0.1) is 0 Å². The molecule has 0 aliphatic carbocycles. The minimum Gasteiger partial charge on any atom is -0.356 e. The lowest BCUT2D eigenvalue weighted by Crippen LogP contribution is -2.25. The molecule has 0 aromatic heterocycles. The van der Waals surface area contributed by atoms with Crippen LogP contribution in [-0.2, 0) is 9.59 Å². The molecule has 0 saturated carbocycles. The van der Waals surface area contributed by atoms with E-state index in [4.69, 9.17) is 0 Å². The van der Waals surface area contributed by atoms with Gasteiger partial charge in [-0.2, -0.15) is 23.5 Å². The standard InChI is InChI=1S/C14H28N2O2S2/c1-19-11-7-13(17)15-9-5-3-4-6-10-16-14(18)8-12-20-2/h3-12H2,1-2H3,(H,15,17)(H,16,18). The van der Waals surface area contributed by atoms with E-state index in [0.29, 0.717) is 12.8 Å². The van der Waals surface area contributed by atoms with Crippen LogP contribution in [0.25, 0.3) is 0 Å². The van der Waals surface area contributed by atoms with E-state index in [9.17, 15) is 9.59 Å². The van der Waals surface area contributed by atoms with Crippen LogP contribution in [-0.4, -0.2) is 48.9 Å². The second-order valence-corrected chi connectivity index (χ2v) is 6.57. The Bertz CT molecular complexity index is 238.